The van der Waals surface area contributed by atoms with E-state index in [9.17, 15) is 9.59 Å². The molecular weight excluding hydrogens is 328 g/mol. The van der Waals surface area contributed by atoms with E-state index in [0.717, 1.165) is 11.1 Å². The molecule has 2 aromatic rings. The number of likely N-dealkylation sites (N-methyl/N-ethyl adjacent to an activating group) is 2. The summed E-state index contributed by atoms with van der Waals surface area (Å²) in [7, 11) is 1.68. The zero-order valence-electron chi connectivity index (χ0n) is 15.7. The number of carbonyl (C=O) groups excluding carboxylic acids is 2. The van der Waals surface area contributed by atoms with Crippen molar-refractivity contribution in [2.24, 2.45) is 0 Å². The van der Waals surface area contributed by atoms with Gasteiger partial charge in [0.1, 0.15) is 5.75 Å². The summed E-state index contributed by atoms with van der Waals surface area (Å²) >= 11 is 0. The molecule has 0 spiro atoms. The summed E-state index contributed by atoms with van der Waals surface area (Å²) in [5.41, 5.74) is 1.16. The number of hydrogen-bond donors (Lipinski definition) is 0. The molecule has 0 aliphatic carbocycles. The fraction of sp³-hybridized carbons (Fsp3) is 0.333. The van der Waals surface area contributed by atoms with Gasteiger partial charge in [0.15, 0.2) is 0 Å². The zero-order chi connectivity index (χ0) is 18.9. The molecule has 0 radical (unpaired) electrons. The first-order chi connectivity index (χ1) is 12.4. The Morgan fingerprint density at radius 2 is 1.88 bits per heavy atom. The van der Waals surface area contributed by atoms with E-state index in [1.54, 1.807) is 18.9 Å². The Kier molecular flexibility index (Phi) is 4.72. The molecule has 1 aliphatic heterocycles. The average Bonchev–Trinajstić information content (AvgIpc) is 2.65. The van der Waals surface area contributed by atoms with Crippen LogP contribution in [0.5, 0.6) is 5.75 Å². The van der Waals surface area contributed by atoms with Crippen LogP contribution in [0.2, 0.25) is 0 Å². The first-order valence-corrected chi connectivity index (χ1v) is 8.78. The number of benzene rings is 2. The standard InChI is InChI=1S/C21H24N2O3/c1-5-23(14-16-9-7-6-8-10-16)20(25)21(3)19(24)22(4)17-13-15(2)11-12-18(17)26-21/h6-13H,5,14H2,1-4H3. The highest BCUT2D eigenvalue weighted by molar-refractivity contribution is 6.16. The van der Waals surface area contributed by atoms with Crippen molar-refractivity contribution in [2.75, 3.05) is 18.5 Å². The maximum absolute atomic E-state index is 13.2. The Morgan fingerprint density at radius 3 is 2.54 bits per heavy atom. The predicted molar refractivity (Wildman–Crippen MR) is 101 cm³/mol. The Hall–Kier alpha value is -2.82. The molecular formula is C21H24N2O3. The first-order valence-electron chi connectivity index (χ1n) is 8.78. The van der Waals surface area contributed by atoms with Crippen LogP contribution in [0.3, 0.4) is 0 Å². The lowest BCUT2D eigenvalue weighted by atomic mass is 9.98. The van der Waals surface area contributed by atoms with E-state index in [1.807, 2.05) is 62.4 Å². The molecule has 0 bridgehead atoms. The predicted octanol–water partition coefficient (Wildman–Crippen LogP) is 3.16. The van der Waals surface area contributed by atoms with Crippen LogP contribution in [0, 0.1) is 6.92 Å². The fourth-order valence-electron chi connectivity index (χ4n) is 3.24. The number of rotatable bonds is 4. The van der Waals surface area contributed by atoms with Gasteiger partial charge in [-0.1, -0.05) is 36.4 Å². The van der Waals surface area contributed by atoms with Gasteiger partial charge in [-0.2, -0.15) is 0 Å². The molecule has 1 aliphatic rings. The molecule has 0 N–H and O–H groups in total. The van der Waals surface area contributed by atoms with Crippen LogP contribution in [0.4, 0.5) is 5.69 Å². The molecule has 0 saturated carbocycles. The smallest absolute Gasteiger partial charge is 0.280 e. The van der Waals surface area contributed by atoms with Crippen molar-refractivity contribution >= 4 is 17.5 Å². The molecule has 0 fully saturated rings. The number of fused-ring (bicyclic) bond motifs is 1. The SMILES string of the molecule is CCN(Cc1ccccc1)C(=O)C1(C)Oc2ccc(C)cc2N(C)C1=O. The molecule has 3 rings (SSSR count). The summed E-state index contributed by atoms with van der Waals surface area (Å²) in [6.45, 7) is 6.34. The van der Waals surface area contributed by atoms with Crippen LogP contribution in [0.15, 0.2) is 48.5 Å². The number of anilines is 1. The van der Waals surface area contributed by atoms with Crippen LogP contribution in [-0.4, -0.2) is 35.9 Å². The molecule has 2 amide bonds. The van der Waals surface area contributed by atoms with Crippen LogP contribution in [-0.2, 0) is 16.1 Å². The average molecular weight is 352 g/mol. The van der Waals surface area contributed by atoms with E-state index in [-0.39, 0.29) is 11.8 Å². The lowest BCUT2D eigenvalue weighted by Crippen LogP contribution is -2.62. The van der Waals surface area contributed by atoms with Crippen molar-refractivity contribution in [3.8, 4) is 5.75 Å². The number of ether oxygens (including phenoxy) is 1. The van der Waals surface area contributed by atoms with Crippen LogP contribution < -0.4 is 9.64 Å². The number of aryl methyl sites for hydroxylation is 1. The summed E-state index contributed by atoms with van der Waals surface area (Å²) in [6.07, 6.45) is 0. The normalized spacial score (nSPS) is 18.9. The number of amides is 2. The van der Waals surface area contributed by atoms with Gasteiger partial charge < -0.3 is 14.5 Å². The molecule has 0 saturated heterocycles. The van der Waals surface area contributed by atoms with Gasteiger partial charge in [0.2, 0.25) is 0 Å². The first kappa shape index (κ1) is 18.0. The maximum atomic E-state index is 13.2. The van der Waals surface area contributed by atoms with Gasteiger partial charge in [-0.25, -0.2) is 0 Å². The van der Waals surface area contributed by atoms with E-state index in [1.165, 1.54) is 4.90 Å². The summed E-state index contributed by atoms with van der Waals surface area (Å²) < 4.78 is 5.96. The van der Waals surface area contributed by atoms with Gasteiger partial charge in [-0.15, -0.1) is 0 Å². The van der Waals surface area contributed by atoms with Gasteiger partial charge in [0.25, 0.3) is 17.4 Å². The summed E-state index contributed by atoms with van der Waals surface area (Å²) in [6, 6.07) is 15.3. The molecule has 26 heavy (non-hydrogen) atoms. The molecule has 136 valence electrons. The van der Waals surface area contributed by atoms with Crippen molar-refractivity contribution < 1.29 is 14.3 Å². The van der Waals surface area contributed by atoms with Crippen LogP contribution in [0.1, 0.15) is 25.0 Å². The third-order valence-electron chi connectivity index (χ3n) is 4.80. The fourth-order valence-corrected chi connectivity index (χ4v) is 3.24. The summed E-state index contributed by atoms with van der Waals surface area (Å²) in [5, 5.41) is 0. The minimum atomic E-state index is -1.57. The van der Waals surface area contributed by atoms with Gasteiger partial charge in [0.05, 0.1) is 5.69 Å². The zero-order valence-corrected chi connectivity index (χ0v) is 15.7. The maximum Gasteiger partial charge on any atom is 0.280 e. The minimum Gasteiger partial charge on any atom is -0.465 e. The lowest BCUT2D eigenvalue weighted by Gasteiger charge is -2.40. The van der Waals surface area contributed by atoms with Gasteiger partial charge in [-0.05, 0) is 44.0 Å². The summed E-state index contributed by atoms with van der Waals surface area (Å²) in [5.74, 6) is -0.136. The number of hydrogen-bond acceptors (Lipinski definition) is 3. The van der Waals surface area contributed by atoms with Gasteiger partial charge in [-0.3, -0.25) is 9.59 Å². The lowest BCUT2D eigenvalue weighted by molar-refractivity contribution is -0.156. The summed E-state index contributed by atoms with van der Waals surface area (Å²) in [4.78, 5) is 29.4. The third-order valence-corrected chi connectivity index (χ3v) is 4.80. The molecule has 1 unspecified atom stereocenters. The second-order valence-electron chi connectivity index (χ2n) is 6.78. The molecule has 1 heterocycles. The highest BCUT2D eigenvalue weighted by Crippen LogP contribution is 2.38. The second kappa shape index (κ2) is 6.83. The molecule has 5 nitrogen and oxygen atoms in total. The third kappa shape index (κ3) is 3.05. The van der Waals surface area contributed by atoms with Crippen molar-refractivity contribution in [2.45, 2.75) is 32.9 Å². The molecule has 1 atom stereocenters. The quantitative estimate of drug-likeness (QED) is 0.794. The minimum absolute atomic E-state index is 0.327. The van der Waals surface area contributed by atoms with Gasteiger partial charge in [0, 0.05) is 20.1 Å². The van der Waals surface area contributed by atoms with Crippen molar-refractivity contribution in [3.63, 3.8) is 0 Å². The topological polar surface area (TPSA) is 49.9 Å². The van der Waals surface area contributed by atoms with Crippen LogP contribution >= 0.6 is 0 Å². The Labute approximate surface area is 154 Å². The number of carbonyl (C=O) groups is 2. The highest BCUT2D eigenvalue weighted by Gasteiger charge is 2.51. The number of nitrogens with zero attached hydrogens (tertiary/aromatic N) is 2. The van der Waals surface area contributed by atoms with Crippen molar-refractivity contribution in [1.29, 1.82) is 0 Å². The van der Waals surface area contributed by atoms with E-state index >= 15 is 0 Å². The van der Waals surface area contributed by atoms with E-state index < -0.39 is 5.60 Å². The van der Waals surface area contributed by atoms with Crippen molar-refractivity contribution in [3.05, 3.63) is 59.7 Å². The van der Waals surface area contributed by atoms with Crippen LogP contribution in [0.25, 0.3) is 0 Å². The molecule has 0 aromatic heterocycles. The van der Waals surface area contributed by atoms with E-state index in [4.69, 9.17) is 4.74 Å². The van der Waals surface area contributed by atoms with Crippen molar-refractivity contribution in [1.82, 2.24) is 4.90 Å². The molecule has 5 heteroatoms. The Balaban J connectivity index is 1.92. The molecule has 2 aromatic carbocycles. The second-order valence-corrected chi connectivity index (χ2v) is 6.78. The Bertz CT molecular complexity index is 834. The monoisotopic (exact) mass is 352 g/mol. The van der Waals surface area contributed by atoms with E-state index in [2.05, 4.69) is 0 Å². The largest absolute Gasteiger partial charge is 0.465 e. The van der Waals surface area contributed by atoms with Gasteiger partial charge >= 0.3 is 0 Å². The van der Waals surface area contributed by atoms with E-state index in [0.29, 0.717) is 24.5 Å². The Morgan fingerprint density at radius 1 is 1.19 bits per heavy atom. The highest BCUT2D eigenvalue weighted by atomic mass is 16.5.